The lowest BCUT2D eigenvalue weighted by molar-refractivity contribution is -0.119. The smallest absolute Gasteiger partial charge is 0.217 e. The van der Waals surface area contributed by atoms with Crippen LogP contribution >= 0.6 is 11.6 Å². The Hall–Kier alpha value is -1.86. The Bertz CT molecular complexity index is 858. The van der Waals surface area contributed by atoms with Crippen LogP contribution in [0.1, 0.15) is 39.0 Å². The normalized spacial score (nSPS) is 23.5. The summed E-state index contributed by atoms with van der Waals surface area (Å²) in [4.78, 5) is 15.9. The van der Waals surface area contributed by atoms with E-state index in [-0.39, 0.29) is 10.9 Å². The average molecular weight is 423 g/mol. The highest BCUT2D eigenvalue weighted by Crippen LogP contribution is 2.31. The summed E-state index contributed by atoms with van der Waals surface area (Å²) in [6.07, 6.45) is 5.82. The van der Waals surface area contributed by atoms with E-state index in [4.69, 9.17) is 16.1 Å². The molecule has 1 amide bonds. The van der Waals surface area contributed by atoms with E-state index >= 15 is 0 Å². The minimum Gasteiger partial charge on any atom is -0.354 e. The maximum atomic E-state index is 13.6. The van der Waals surface area contributed by atoms with Gasteiger partial charge in [0.15, 0.2) is 11.4 Å². The second-order valence-electron chi connectivity index (χ2n) is 8.30. The van der Waals surface area contributed by atoms with Crippen molar-refractivity contribution >= 4 is 34.3 Å². The van der Waals surface area contributed by atoms with Crippen molar-refractivity contribution in [2.24, 2.45) is 5.92 Å². The summed E-state index contributed by atoms with van der Waals surface area (Å²) in [5.41, 5.74) is 0.430. The van der Waals surface area contributed by atoms with Crippen molar-refractivity contribution in [3.8, 4) is 0 Å². The van der Waals surface area contributed by atoms with Crippen molar-refractivity contribution in [1.29, 1.82) is 0 Å². The quantitative estimate of drug-likeness (QED) is 0.793. The minimum absolute atomic E-state index is 0.0821. The molecule has 0 unspecified atom stereocenters. The van der Waals surface area contributed by atoms with Crippen molar-refractivity contribution in [3.63, 3.8) is 0 Å². The Labute approximate surface area is 175 Å². The number of nitrogens with zero attached hydrogens (tertiary/aromatic N) is 3. The lowest BCUT2D eigenvalue weighted by Gasteiger charge is -2.36. The van der Waals surface area contributed by atoms with Gasteiger partial charge in [0.25, 0.3) is 0 Å². The van der Waals surface area contributed by atoms with Crippen LogP contribution in [-0.4, -0.2) is 54.7 Å². The second-order valence-corrected chi connectivity index (χ2v) is 8.71. The van der Waals surface area contributed by atoms with Gasteiger partial charge in [-0.25, -0.2) is 4.39 Å². The first-order chi connectivity index (χ1) is 14.0. The van der Waals surface area contributed by atoms with Crippen LogP contribution in [0.3, 0.4) is 0 Å². The van der Waals surface area contributed by atoms with E-state index in [0.29, 0.717) is 11.6 Å². The van der Waals surface area contributed by atoms with E-state index < -0.39 is 5.82 Å². The molecule has 29 heavy (non-hydrogen) atoms. The number of hydrogen-bond donors (Lipinski definition) is 1. The van der Waals surface area contributed by atoms with Gasteiger partial charge >= 0.3 is 0 Å². The van der Waals surface area contributed by atoms with E-state index in [1.54, 1.807) is 13.0 Å². The standard InChI is InChI=1S/C21H28ClFN4O2/c1-14(28)24-16-4-2-15(3-5-16)6-7-26-8-10-27(11-9-26)21-17-12-18(22)19(23)13-20(17)29-25-21/h12-13,15-16H,2-11H2,1H3,(H,24,28)/t15-,16-. The SMILES string of the molecule is CC(=O)N[C@H]1CC[C@H](CCN2CCN(c3noc4cc(F)c(Cl)cc34)CC2)CC1. The molecule has 0 radical (unpaired) electrons. The monoisotopic (exact) mass is 422 g/mol. The molecule has 1 aliphatic heterocycles. The number of amides is 1. The molecule has 1 aromatic heterocycles. The average Bonchev–Trinajstić information content (AvgIpc) is 3.10. The zero-order chi connectivity index (χ0) is 20.4. The maximum absolute atomic E-state index is 13.6. The Kier molecular flexibility index (Phi) is 6.25. The molecule has 1 aromatic carbocycles. The Morgan fingerprint density at radius 1 is 1.24 bits per heavy atom. The largest absolute Gasteiger partial charge is 0.354 e. The summed E-state index contributed by atoms with van der Waals surface area (Å²) in [5.74, 6) is 1.10. The van der Waals surface area contributed by atoms with Crippen molar-refractivity contribution in [2.45, 2.75) is 45.1 Å². The first kappa shape index (κ1) is 20.4. The van der Waals surface area contributed by atoms with Gasteiger partial charge < -0.3 is 14.7 Å². The molecule has 1 saturated heterocycles. The van der Waals surface area contributed by atoms with Gasteiger partial charge in [0.05, 0.1) is 10.4 Å². The molecule has 1 N–H and O–H groups in total. The number of anilines is 1. The molecule has 1 saturated carbocycles. The molecule has 158 valence electrons. The van der Waals surface area contributed by atoms with E-state index in [1.807, 2.05) is 0 Å². The number of rotatable bonds is 5. The molecule has 0 spiro atoms. The number of halogens is 2. The van der Waals surface area contributed by atoms with Crippen LogP contribution in [0, 0.1) is 11.7 Å². The van der Waals surface area contributed by atoms with Gasteiger partial charge in [-0.1, -0.05) is 16.8 Å². The third kappa shape index (κ3) is 4.83. The van der Waals surface area contributed by atoms with Crippen LogP contribution < -0.4 is 10.2 Å². The van der Waals surface area contributed by atoms with Crippen LogP contribution in [0.5, 0.6) is 0 Å². The van der Waals surface area contributed by atoms with Crippen molar-refractivity contribution in [3.05, 3.63) is 23.0 Å². The Morgan fingerprint density at radius 2 is 1.97 bits per heavy atom. The van der Waals surface area contributed by atoms with Crippen LogP contribution in [0.25, 0.3) is 11.0 Å². The minimum atomic E-state index is -0.488. The third-order valence-electron chi connectivity index (χ3n) is 6.27. The molecular formula is C21H28ClFN4O2. The van der Waals surface area contributed by atoms with E-state index in [2.05, 4.69) is 20.3 Å². The molecule has 8 heteroatoms. The summed E-state index contributed by atoms with van der Waals surface area (Å²) in [6.45, 7) is 6.40. The molecule has 2 aliphatic rings. The number of carbonyl (C=O) groups is 1. The fourth-order valence-corrected chi connectivity index (χ4v) is 4.74. The first-order valence-corrected chi connectivity index (χ1v) is 10.9. The summed E-state index contributed by atoms with van der Waals surface area (Å²) >= 11 is 5.94. The van der Waals surface area contributed by atoms with Crippen LogP contribution in [-0.2, 0) is 4.79 Å². The van der Waals surface area contributed by atoms with E-state index in [9.17, 15) is 9.18 Å². The number of hydrogen-bond acceptors (Lipinski definition) is 5. The molecular weight excluding hydrogens is 395 g/mol. The molecule has 2 fully saturated rings. The fraction of sp³-hybridized carbons (Fsp3) is 0.619. The Balaban J connectivity index is 1.24. The predicted molar refractivity (Wildman–Crippen MR) is 112 cm³/mol. The first-order valence-electron chi connectivity index (χ1n) is 10.5. The van der Waals surface area contributed by atoms with Crippen molar-refractivity contribution in [1.82, 2.24) is 15.4 Å². The number of fused-ring (bicyclic) bond motifs is 1. The van der Waals surface area contributed by atoms with Gasteiger partial charge in [0, 0.05) is 45.2 Å². The number of nitrogens with one attached hydrogen (secondary N) is 1. The molecule has 0 bridgehead atoms. The highest BCUT2D eigenvalue weighted by Gasteiger charge is 2.25. The number of piperazine rings is 1. The van der Waals surface area contributed by atoms with Gasteiger partial charge in [0.1, 0.15) is 5.82 Å². The highest BCUT2D eigenvalue weighted by atomic mass is 35.5. The van der Waals surface area contributed by atoms with Gasteiger partial charge in [-0.15, -0.1) is 0 Å². The summed E-state index contributed by atoms with van der Waals surface area (Å²) in [5, 5.41) is 8.05. The van der Waals surface area contributed by atoms with Gasteiger partial charge in [-0.3, -0.25) is 9.69 Å². The van der Waals surface area contributed by atoms with Gasteiger partial charge in [-0.2, -0.15) is 0 Å². The molecule has 2 heterocycles. The maximum Gasteiger partial charge on any atom is 0.217 e. The number of benzene rings is 1. The topological polar surface area (TPSA) is 61.6 Å². The zero-order valence-corrected chi connectivity index (χ0v) is 17.6. The van der Waals surface area contributed by atoms with Crippen molar-refractivity contribution in [2.75, 3.05) is 37.6 Å². The summed E-state index contributed by atoms with van der Waals surface area (Å²) < 4.78 is 18.9. The summed E-state index contributed by atoms with van der Waals surface area (Å²) in [7, 11) is 0. The van der Waals surface area contributed by atoms with E-state index in [0.717, 1.165) is 62.7 Å². The number of carbonyl (C=O) groups excluding carboxylic acids is 1. The fourth-order valence-electron chi connectivity index (χ4n) is 4.58. The van der Waals surface area contributed by atoms with Crippen molar-refractivity contribution < 1.29 is 13.7 Å². The molecule has 2 aromatic rings. The summed E-state index contributed by atoms with van der Waals surface area (Å²) in [6, 6.07) is 3.26. The Morgan fingerprint density at radius 3 is 2.66 bits per heavy atom. The molecule has 1 aliphatic carbocycles. The zero-order valence-electron chi connectivity index (χ0n) is 16.8. The third-order valence-corrected chi connectivity index (χ3v) is 6.56. The number of aromatic nitrogens is 1. The molecule has 6 nitrogen and oxygen atoms in total. The molecule has 0 atom stereocenters. The lowest BCUT2D eigenvalue weighted by atomic mass is 9.84. The van der Waals surface area contributed by atoms with Crippen LogP contribution in [0.15, 0.2) is 16.7 Å². The van der Waals surface area contributed by atoms with Crippen LogP contribution in [0.2, 0.25) is 5.02 Å². The van der Waals surface area contributed by atoms with Gasteiger partial charge in [0.2, 0.25) is 5.91 Å². The second kappa shape index (κ2) is 8.88. The highest BCUT2D eigenvalue weighted by molar-refractivity contribution is 6.31. The van der Waals surface area contributed by atoms with Crippen LogP contribution in [0.4, 0.5) is 10.2 Å². The van der Waals surface area contributed by atoms with E-state index in [1.165, 1.54) is 25.3 Å². The lowest BCUT2D eigenvalue weighted by Crippen LogP contribution is -2.47. The predicted octanol–water partition coefficient (Wildman–Crippen LogP) is 3.83. The van der Waals surface area contributed by atoms with Gasteiger partial charge in [-0.05, 0) is 50.6 Å². The molecule has 4 rings (SSSR count).